The summed E-state index contributed by atoms with van der Waals surface area (Å²) in [5.74, 6) is -1.78. The van der Waals surface area contributed by atoms with Gasteiger partial charge in [-0.3, -0.25) is 0 Å². The Morgan fingerprint density at radius 2 is 1.83 bits per heavy atom. The van der Waals surface area contributed by atoms with E-state index in [2.05, 4.69) is 38.5 Å². The van der Waals surface area contributed by atoms with Crippen LogP contribution in [0.3, 0.4) is 0 Å². The van der Waals surface area contributed by atoms with E-state index in [-0.39, 0.29) is 5.56 Å². The lowest BCUT2D eigenvalue weighted by Gasteiger charge is -2.15. The molecule has 2 aromatic carbocycles. The molecular weight excluding hydrogens is 415 g/mol. The van der Waals surface area contributed by atoms with Gasteiger partial charge in [0.05, 0.1) is 6.04 Å². The lowest BCUT2D eigenvalue weighted by molar-refractivity contribution is 0.494. The van der Waals surface area contributed by atoms with Crippen molar-refractivity contribution >= 4 is 38.5 Å². The van der Waals surface area contributed by atoms with Crippen molar-refractivity contribution in [3.63, 3.8) is 0 Å². The van der Waals surface area contributed by atoms with Gasteiger partial charge >= 0.3 is 0 Å². The largest absolute Gasteiger partial charge is 0.320 e. The number of halogens is 4. The first-order chi connectivity index (χ1) is 8.50. The maximum Gasteiger partial charge on any atom is 0.163 e. The highest BCUT2D eigenvalue weighted by atomic mass is 127. The van der Waals surface area contributed by atoms with E-state index in [4.69, 9.17) is 5.73 Å². The van der Waals surface area contributed by atoms with Crippen LogP contribution in [0.25, 0.3) is 0 Å². The second-order valence-corrected chi connectivity index (χ2v) is 5.89. The maximum atomic E-state index is 13.7. The first-order valence-corrected chi connectivity index (χ1v) is 7.02. The molecule has 2 N–H and O–H groups in total. The van der Waals surface area contributed by atoms with E-state index in [1.807, 2.05) is 18.2 Å². The molecule has 0 bridgehead atoms. The van der Waals surface area contributed by atoms with Crippen LogP contribution in [0.1, 0.15) is 17.2 Å². The van der Waals surface area contributed by atoms with Crippen molar-refractivity contribution in [2.45, 2.75) is 6.04 Å². The van der Waals surface area contributed by atoms with Crippen molar-refractivity contribution in [3.05, 3.63) is 67.2 Å². The molecule has 0 radical (unpaired) electrons. The van der Waals surface area contributed by atoms with Crippen molar-refractivity contribution in [2.24, 2.45) is 5.73 Å². The SMILES string of the molecule is NC(c1cc(I)ccc1Br)c1cccc(F)c1F. The fourth-order valence-corrected chi connectivity index (χ4v) is 2.69. The molecule has 1 nitrogen and oxygen atoms in total. The molecule has 0 aliphatic carbocycles. The zero-order chi connectivity index (χ0) is 13.3. The van der Waals surface area contributed by atoms with Crippen LogP contribution < -0.4 is 5.73 Å². The number of hydrogen-bond donors (Lipinski definition) is 1. The van der Waals surface area contributed by atoms with Gasteiger partial charge in [0.25, 0.3) is 0 Å². The van der Waals surface area contributed by atoms with Gasteiger partial charge in [0.2, 0.25) is 0 Å². The smallest absolute Gasteiger partial charge is 0.163 e. The fourth-order valence-electron chi connectivity index (χ4n) is 1.68. The molecule has 0 heterocycles. The lowest BCUT2D eigenvalue weighted by atomic mass is 9.99. The van der Waals surface area contributed by atoms with Gasteiger partial charge in [-0.25, -0.2) is 8.78 Å². The number of rotatable bonds is 2. The second-order valence-electron chi connectivity index (χ2n) is 3.79. The average Bonchev–Trinajstić information content (AvgIpc) is 2.35. The molecule has 0 aromatic heterocycles. The molecular formula is C13H9BrF2IN. The van der Waals surface area contributed by atoms with Gasteiger partial charge in [-0.15, -0.1) is 0 Å². The third-order valence-corrected chi connectivity index (χ3v) is 4.00. The van der Waals surface area contributed by atoms with E-state index >= 15 is 0 Å². The third-order valence-electron chi connectivity index (χ3n) is 2.61. The fraction of sp³-hybridized carbons (Fsp3) is 0.0769. The monoisotopic (exact) mass is 423 g/mol. The summed E-state index contributed by atoms with van der Waals surface area (Å²) in [6, 6.07) is 8.92. The molecule has 2 rings (SSSR count). The zero-order valence-electron chi connectivity index (χ0n) is 9.13. The molecule has 0 saturated carbocycles. The minimum Gasteiger partial charge on any atom is -0.320 e. The highest BCUT2D eigenvalue weighted by molar-refractivity contribution is 14.1. The van der Waals surface area contributed by atoms with Gasteiger partial charge < -0.3 is 5.73 Å². The van der Waals surface area contributed by atoms with Crippen LogP contribution in [0.4, 0.5) is 8.78 Å². The molecule has 0 fully saturated rings. The molecule has 5 heteroatoms. The van der Waals surface area contributed by atoms with Gasteiger partial charge in [0.1, 0.15) is 0 Å². The highest BCUT2D eigenvalue weighted by Gasteiger charge is 2.18. The van der Waals surface area contributed by atoms with E-state index in [0.717, 1.165) is 19.7 Å². The van der Waals surface area contributed by atoms with Crippen molar-refractivity contribution < 1.29 is 8.78 Å². The average molecular weight is 424 g/mol. The standard InChI is InChI=1S/C13H9BrF2IN/c14-10-5-4-7(17)6-9(10)13(18)8-2-1-3-11(15)12(8)16/h1-6,13H,18H2. The third kappa shape index (κ3) is 2.73. The van der Waals surface area contributed by atoms with Crippen LogP contribution in [0.15, 0.2) is 40.9 Å². The first-order valence-electron chi connectivity index (χ1n) is 5.15. The normalized spacial score (nSPS) is 12.5. The first kappa shape index (κ1) is 13.9. The van der Waals surface area contributed by atoms with E-state index in [1.165, 1.54) is 12.1 Å². The summed E-state index contributed by atoms with van der Waals surface area (Å²) in [5.41, 5.74) is 6.89. The Hall–Kier alpha value is -0.530. The zero-order valence-corrected chi connectivity index (χ0v) is 12.9. The number of hydrogen-bond acceptors (Lipinski definition) is 1. The molecule has 0 aliphatic heterocycles. The Morgan fingerprint density at radius 3 is 2.56 bits per heavy atom. The van der Waals surface area contributed by atoms with Crippen molar-refractivity contribution in [1.29, 1.82) is 0 Å². The van der Waals surface area contributed by atoms with Crippen molar-refractivity contribution in [3.8, 4) is 0 Å². The van der Waals surface area contributed by atoms with Crippen LogP contribution in [0, 0.1) is 15.2 Å². The molecule has 0 saturated heterocycles. The quantitative estimate of drug-likeness (QED) is 0.712. The van der Waals surface area contributed by atoms with Crippen LogP contribution >= 0.6 is 38.5 Å². The van der Waals surface area contributed by atoms with Crippen LogP contribution in [0.5, 0.6) is 0 Å². The van der Waals surface area contributed by atoms with Crippen LogP contribution in [-0.4, -0.2) is 0 Å². The van der Waals surface area contributed by atoms with Gasteiger partial charge in [0, 0.05) is 13.6 Å². The minimum absolute atomic E-state index is 0.151. The van der Waals surface area contributed by atoms with Gasteiger partial charge in [0.15, 0.2) is 11.6 Å². The van der Waals surface area contributed by atoms with Gasteiger partial charge in [-0.1, -0.05) is 28.1 Å². The summed E-state index contributed by atoms with van der Waals surface area (Å²) in [6.45, 7) is 0. The molecule has 94 valence electrons. The summed E-state index contributed by atoms with van der Waals surface area (Å²) < 4.78 is 28.7. The summed E-state index contributed by atoms with van der Waals surface area (Å²) >= 11 is 5.52. The summed E-state index contributed by atoms with van der Waals surface area (Å²) in [6.07, 6.45) is 0. The van der Waals surface area contributed by atoms with E-state index in [1.54, 1.807) is 0 Å². The Kier molecular flexibility index (Phi) is 4.34. The summed E-state index contributed by atoms with van der Waals surface area (Å²) in [4.78, 5) is 0. The van der Waals surface area contributed by atoms with E-state index in [9.17, 15) is 8.78 Å². The number of nitrogens with two attached hydrogens (primary N) is 1. The Balaban J connectivity index is 2.51. The molecule has 1 unspecified atom stereocenters. The van der Waals surface area contributed by atoms with Crippen LogP contribution in [-0.2, 0) is 0 Å². The van der Waals surface area contributed by atoms with Gasteiger partial charge in [-0.05, 0) is 52.4 Å². The topological polar surface area (TPSA) is 26.0 Å². The van der Waals surface area contributed by atoms with Crippen molar-refractivity contribution in [2.75, 3.05) is 0 Å². The van der Waals surface area contributed by atoms with E-state index < -0.39 is 17.7 Å². The predicted octanol–water partition coefficient (Wildman–Crippen LogP) is 4.38. The minimum atomic E-state index is -0.893. The second kappa shape index (κ2) is 5.63. The highest BCUT2D eigenvalue weighted by Crippen LogP contribution is 2.30. The Bertz CT molecular complexity index is 587. The Labute approximate surface area is 126 Å². The van der Waals surface area contributed by atoms with Crippen molar-refractivity contribution in [1.82, 2.24) is 0 Å². The lowest BCUT2D eigenvalue weighted by Crippen LogP contribution is -2.15. The molecule has 2 aromatic rings. The number of benzene rings is 2. The summed E-state index contributed by atoms with van der Waals surface area (Å²) in [5, 5.41) is 0. The molecule has 0 aliphatic rings. The van der Waals surface area contributed by atoms with Gasteiger partial charge in [-0.2, -0.15) is 0 Å². The molecule has 18 heavy (non-hydrogen) atoms. The van der Waals surface area contributed by atoms with Crippen LogP contribution in [0.2, 0.25) is 0 Å². The summed E-state index contributed by atoms with van der Waals surface area (Å²) in [7, 11) is 0. The molecule has 0 amide bonds. The van der Waals surface area contributed by atoms with E-state index in [0.29, 0.717) is 0 Å². The molecule has 0 spiro atoms. The molecule has 1 atom stereocenters. The Morgan fingerprint density at radius 1 is 1.11 bits per heavy atom. The predicted molar refractivity (Wildman–Crippen MR) is 79.2 cm³/mol. The maximum absolute atomic E-state index is 13.7.